The molecule has 0 amide bonds. The summed E-state index contributed by atoms with van der Waals surface area (Å²) in [6.07, 6.45) is 3.14. The number of unbranched alkanes of at least 4 members (excludes halogenated alkanes) is 1. The van der Waals surface area contributed by atoms with Crippen molar-refractivity contribution in [2.45, 2.75) is 24.7 Å². The predicted molar refractivity (Wildman–Crippen MR) is 87.1 cm³/mol. The molecule has 2 rings (SSSR count). The van der Waals surface area contributed by atoms with Crippen molar-refractivity contribution < 1.29 is 13.0 Å². The third-order valence-electron chi connectivity index (χ3n) is 3.04. The Morgan fingerprint density at radius 2 is 1.86 bits per heavy atom. The summed E-state index contributed by atoms with van der Waals surface area (Å²) in [5.41, 5.74) is 0.0294. The number of rotatable bonds is 5. The van der Waals surface area contributed by atoms with E-state index in [0.717, 1.165) is 24.6 Å². The van der Waals surface area contributed by atoms with Crippen LogP contribution in [0.2, 0.25) is 5.02 Å². The molecule has 0 N–H and O–H groups in total. The Morgan fingerprint density at radius 1 is 1.18 bits per heavy atom. The molecule has 0 radical (unpaired) electrons. The molecular weight excluding hydrogens is 326 g/mol. The second-order valence-electron chi connectivity index (χ2n) is 4.70. The van der Waals surface area contributed by atoms with Gasteiger partial charge in [0.2, 0.25) is 0 Å². The summed E-state index contributed by atoms with van der Waals surface area (Å²) < 4.78 is 40.2. The molecule has 0 aliphatic carbocycles. The normalized spacial score (nSPS) is 13.2. The number of benzene rings is 2. The van der Waals surface area contributed by atoms with Gasteiger partial charge in [0.25, 0.3) is 0 Å². The average molecular weight is 341 g/mol. The van der Waals surface area contributed by atoms with Crippen LogP contribution >= 0.6 is 11.6 Å². The summed E-state index contributed by atoms with van der Waals surface area (Å²) in [4.78, 5) is 0.775. The van der Waals surface area contributed by atoms with E-state index in [1.165, 1.54) is 0 Å². The Kier molecular flexibility index (Phi) is 5.86. The lowest BCUT2D eigenvalue weighted by Gasteiger charge is -2.10. The molecule has 2 aromatic carbocycles. The van der Waals surface area contributed by atoms with Crippen molar-refractivity contribution in [1.29, 1.82) is 0 Å². The van der Waals surface area contributed by atoms with Gasteiger partial charge in [-0.2, -0.15) is 0 Å². The molecule has 0 bridgehead atoms. The monoisotopic (exact) mass is 340 g/mol. The first-order valence-electron chi connectivity index (χ1n) is 6.86. The molecule has 22 heavy (non-hydrogen) atoms. The van der Waals surface area contributed by atoms with E-state index in [-0.39, 0.29) is 10.5 Å². The molecule has 0 aliphatic rings. The minimum Gasteiger partial charge on any atom is -0.249 e. The van der Waals surface area contributed by atoms with Crippen LogP contribution in [-0.2, 0) is 10.8 Å². The Bertz CT molecular complexity index is 711. The van der Waals surface area contributed by atoms with Gasteiger partial charge in [-0.15, -0.1) is 0 Å². The number of hydrogen-bond donors (Lipinski definition) is 0. The van der Waals surface area contributed by atoms with E-state index in [2.05, 4.69) is 0 Å². The van der Waals surface area contributed by atoms with Gasteiger partial charge in [-0.25, -0.2) is 13.0 Å². The molecule has 116 valence electrons. The summed E-state index contributed by atoms with van der Waals surface area (Å²) in [7, 11) is -1.60. The van der Waals surface area contributed by atoms with Crippen LogP contribution < -0.4 is 0 Å². The highest BCUT2D eigenvalue weighted by Crippen LogP contribution is 2.28. The van der Waals surface area contributed by atoms with Crippen molar-refractivity contribution in [1.82, 2.24) is 0 Å². The maximum Gasteiger partial charge on any atom is 0.131 e. The van der Waals surface area contributed by atoms with Crippen LogP contribution in [-0.4, -0.2) is 4.21 Å². The molecule has 1 atom stereocenters. The van der Waals surface area contributed by atoms with Crippen molar-refractivity contribution in [3.63, 3.8) is 0 Å². The second kappa shape index (κ2) is 7.65. The van der Waals surface area contributed by atoms with E-state index in [4.69, 9.17) is 11.6 Å². The Hall–Kier alpha value is -1.52. The van der Waals surface area contributed by atoms with E-state index in [1.54, 1.807) is 30.3 Å². The minimum atomic E-state index is -1.60. The fourth-order valence-electron chi connectivity index (χ4n) is 1.93. The summed E-state index contributed by atoms with van der Waals surface area (Å²) in [5, 5.41) is 0.525. The number of allylic oxidation sites excluding steroid dienone is 1. The molecule has 0 saturated carbocycles. The Balaban J connectivity index is 2.48. The fraction of sp³-hybridized carbons (Fsp3) is 0.176. The average Bonchev–Trinajstić information content (AvgIpc) is 2.51. The lowest BCUT2D eigenvalue weighted by atomic mass is 10.1. The van der Waals surface area contributed by atoms with E-state index in [1.807, 2.05) is 6.92 Å². The van der Waals surface area contributed by atoms with Crippen LogP contribution in [0.15, 0.2) is 53.4 Å². The van der Waals surface area contributed by atoms with Crippen LogP contribution in [0.1, 0.15) is 25.3 Å². The Labute approximate surface area is 136 Å². The highest BCUT2D eigenvalue weighted by Gasteiger charge is 2.17. The maximum atomic E-state index is 14.0. The minimum absolute atomic E-state index is 0.0294. The van der Waals surface area contributed by atoms with Gasteiger partial charge in [0.05, 0.1) is 10.8 Å². The van der Waals surface area contributed by atoms with Gasteiger partial charge in [-0.05, 0) is 48.9 Å². The highest BCUT2D eigenvalue weighted by atomic mass is 35.5. The molecular formula is C17H15ClF2OS. The molecule has 0 heterocycles. The predicted octanol–water partition coefficient (Wildman–Crippen LogP) is 5.57. The van der Waals surface area contributed by atoms with E-state index < -0.39 is 22.4 Å². The van der Waals surface area contributed by atoms with Gasteiger partial charge >= 0.3 is 0 Å². The SMILES string of the molecule is CCC/C=C(/c1cc(F)ccc1F)S(=O)c1ccc(Cl)cc1. The quantitative estimate of drug-likeness (QED) is 0.695. The lowest BCUT2D eigenvalue weighted by molar-refractivity contribution is 0.597. The molecule has 0 saturated heterocycles. The summed E-state index contributed by atoms with van der Waals surface area (Å²) in [6.45, 7) is 1.96. The van der Waals surface area contributed by atoms with Gasteiger partial charge < -0.3 is 0 Å². The Morgan fingerprint density at radius 3 is 2.50 bits per heavy atom. The smallest absolute Gasteiger partial charge is 0.131 e. The molecule has 0 aliphatic heterocycles. The third-order valence-corrected chi connectivity index (χ3v) is 4.78. The zero-order valence-electron chi connectivity index (χ0n) is 12.0. The molecule has 2 aromatic rings. The van der Waals surface area contributed by atoms with Crippen LogP contribution in [0.3, 0.4) is 0 Å². The summed E-state index contributed by atoms with van der Waals surface area (Å²) in [6, 6.07) is 9.64. The van der Waals surface area contributed by atoms with Crippen LogP contribution in [0, 0.1) is 11.6 Å². The molecule has 5 heteroatoms. The number of halogens is 3. The standard InChI is InChI=1S/C17H15ClF2OS/c1-2-3-4-17(15-11-13(19)7-10-16(15)20)22(21)14-8-5-12(18)6-9-14/h4-11H,2-3H2,1H3/b17-4-. The largest absolute Gasteiger partial charge is 0.249 e. The zero-order valence-corrected chi connectivity index (χ0v) is 13.6. The summed E-state index contributed by atoms with van der Waals surface area (Å²) in [5.74, 6) is -1.15. The van der Waals surface area contributed by atoms with Crippen molar-refractivity contribution in [2.24, 2.45) is 0 Å². The highest BCUT2D eigenvalue weighted by molar-refractivity contribution is 7.94. The lowest BCUT2D eigenvalue weighted by Crippen LogP contribution is -2.00. The van der Waals surface area contributed by atoms with Gasteiger partial charge in [-0.3, -0.25) is 0 Å². The first-order valence-corrected chi connectivity index (χ1v) is 8.38. The van der Waals surface area contributed by atoms with E-state index in [0.29, 0.717) is 16.3 Å². The molecule has 0 aromatic heterocycles. The molecule has 1 nitrogen and oxygen atoms in total. The number of hydrogen-bond acceptors (Lipinski definition) is 1. The summed E-state index contributed by atoms with van der Waals surface area (Å²) >= 11 is 5.82. The van der Waals surface area contributed by atoms with Crippen LogP contribution in [0.25, 0.3) is 4.91 Å². The van der Waals surface area contributed by atoms with Crippen molar-refractivity contribution in [2.75, 3.05) is 0 Å². The fourth-order valence-corrected chi connectivity index (χ4v) is 3.32. The topological polar surface area (TPSA) is 17.1 Å². The van der Waals surface area contributed by atoms with Crippen molar-refractivity contribution in [3.05, 3.63) is 70.8 Å². The van der Waals surface area contributed by atoms with Crippen molar-refractivity contribution in [3.8, 4) is 0 Å². The second-order valence-corrected chi connectivity index (χ2v) is 6.59. The maximum absolute atomic E-state index is 14.0. The molecule has 1 unspecified atom stereocenters. The molecule has 0 fully saturated rings. The molecule has 0 spiro atoms. The third kappa shape index (κ3) is 4.02. The van der Waals surface area contributed by atoms with Crippen LogP contribution in [0.4, 0.5) is 8.78 Å². The van der Waals surface area contributed by atoms with Gasteiger partial charge in [-0.1, -0.05) is 31.0 Å². The first kappa shape index (κ1) is 16.8. The van der Waals surface area contributed by atoms with Crippen LogP contribution in [0.5, 0.6) is 0 Å². The zero-order chi connectivity index (χ0) is 16.1. The van der Waals surface area contributed by atoms with Gasteiger partial charge in [0, 0.05) is 20.4 Å². The van der Waals surface area contributed by atoms with E-state index in [9.17, 15) is 13.0 Å². The van der Waals surface area contributed by atoms with E-state index >= 15 is 0 Å². The van der Waals surface area contributed by atoms with Gasteiger partial charge in [0.1, 0.15) is 11.6 Å². The van der Waals surface area contributed by atoms with Crippen molar-refractivity contribution >= 4 is 27.3 Å². The van der Waals surface area contributed by atoms with Gasteiger partial charge in [0.15, 0.2) is 0 Å². The first-order chi connectivity index (χ1) is 10.5.